The van der Waals surface area contributed by atoms with E-state index in [-0.39, 0.29) is 23.0 Å². The van der Waals surface area contributed by atoms with Crippen LogP contribution in [-0.4, -0.2) is 39.8 Å². The van der Waals surface area contributed by atoms with Crippen LogP contribution in [0.2, 0.25) is 0 Å². The molecule has 0 saturated carbocycles. The molecule has 0 aliphatic carbocycles. The first-order chi connectivity index (χ1) is 14.7. The van der Waals surface area contributed by atoms with Gasteiger partial charge in [-0.1, -0.05) is 17.7 Å². The molecular weight excluding hydrogens is 420 g/mol. The Balaban J connectivity index is 1.71. The maximum atomic E-state index is 12.6. The normalized spacial score (nSPS) is 11.4. The Hall–Kier alpha value is -3.30. The molecule has 1 heterocycles. The van der Waals surface area contributed by atoms with E-state index >= 15 is 0 Å². The molecule has 0 spiro atoms. The Morgan fingerprint density at radius 2 is 1.77 bits per heavy atom. The van der Waals surface area contributed by atoms with E-state index in [0.717, 1.165) is 9.87 Å². The summed E-state index contributed by atoms with van der Waals surface area (Å²) in [6, 6.07) is 15.2. The SMILES string of the molecule is COc1ccc(NC(=O)c2ccc(COc3ccc(C)cc3)o2)cc1S(=O)(=O)N(C)C. The van der Waals surface area contributed by atoms with Crippen LogP contribution in [0.15, 0.2) is 63.9 Å². The third-order valence-electron chi connectivity index (χ3n) is 4.47. The van der Waals surface area contributed by atoms with E-state index in [2.05, 4.69) is 5.32 Å². The highest BCUT2D eigenvalue weighted by Crippen LogP contribution is 2.29. The van der Waals surface area contributed by atoms with Crippen LogP contribution in [0.25, 0.3) is 0 Å². The lowest BCUT2D eigenvalue weighted by Crippen LogP contribution is -2.23. The molecule has 8 nitrogen and oxygen atoms in total. The summed E-state index contributed by atoms with van der Waals surface area (Å²) in [6.07, 6.45) is 0. The Morgan fingerprint density at radius 1 is 1.06 bits per heavy atom. The van der Waals surface area contributed by atoms with Gasteiger partial charge in [-0.3, -0.25) is 4.79 Å². The van der Waals surface area contributed by atoms with Gasteiger partial charge in [0.15, 0.2) is 5.76 Å². The Kier molecular flexibility index (Phi) is 6.67. The number of hydrogen-bond donors (Lipinski definition) is 1. The van der Waals surface area contributed by atoms with Crippen LogP contribution < -0.4 is 14.8 Å². The number of carbonyl (C=O) groups excluding carboxylic acids is 1. The van der Waals surface area contributed by atoms with E-state index in [1.165, 1.54) is 39.4 Å². The summed E-state index contributed by atoms with van der Waals surface area (Å²) in [5.41, 5.74) is 1.42. The zero-order chi connectivity index (χ0) is 22.6. The zero-order valence-electron chi connectivity index (χ0n) is 17.7. The summed E-state index contributed by atoms with van der Waals surface area (Å²) >= 11 is 0. The quantitative estimate of drug-likeness (QED) is 0.569. The largest absolute Gasteiger partial charge is 0.495 e. The summed E-state index contributed by atoms with van der Waals surface area (Å²) < 4.78 is 42.5. The van der Waals surface area contributed by atoms with Gasteiger partial charge in [0.25, 0.3) is 5.91 Å². The van der Waals surface area contributed by atoms with E-state index in [1.807, 2.05) is 31.2 Å². The summed E-state index contributed by atoms with van der Waals surface area (Å²) in [7, 11) is 0.462. The van der Waals surface area contributed by atoms with E-state index in [1.54, 1.807) is 12.1 Å². The molecule has 0 atom stereocenters. The van der Waals surface area contributed by atoms with Crippen LogP contribution >= 0.6 is 0 Å². The topological polar surface area (TPSA) is 98.1 Å². The van der Waals surface area contributed by atoms with Crippen molar-refractivity contribution >= 4 is 21.6 Å². The molecule has 0 radical (unpaired) electrons. The van der Waals surface area contributed by atoms with Crippen molar-refractivity contribution in [3.63, 3.8) is 0 Å². The van der Waals surface area contributed by atoms with E-state index < -0.39 is 15.9 Å². The maximum Gasteiger partial charge on any atom is 0.291 e. The first-order valence-corrected chi connectivity index (χ1v) is 10.8. The molecule has 2 aromatic carbocycles. The fourth-order valence-corrected chi connectivity index (χ4v) is 3.79. The lowest BCUT2D eigenvalue weighted by molar-refractivity contribution is 0.0992. The number of sulfonamides is 1. The number of furan rings is 1. The van der Waals surface area contributed by atoms with Crippen molar-refractivity contribution in [2.24, 2.45) is 0 Å². The van der Waals surface area contributed by atoms with Gasteiger partial charge in [0.05, 0.1) is 7.11 Å². The van der Waals surface area contributed by atoms with Crippen LogP contribution in [0, 0.1) is 6.92 Å². The minimum Gasteiger partial charge on any atom is -0.495 e. The van der Waals surface area contributed by atoms with Crippen molar-refractivity contribution in [3.05, 3.63) is 71.7 Å². The van der Waals surface area contributed by atoms with Crippen LogP contribution in [-0.2, 0) is 16.6 Å². The highest BCUT2D eigenvalue weighted by Gasteiger charge is 2.23. The lowest BCUT2D eigenvalue weighted by Gasteiger charge is -2.15. The molecule has 9 heteroatoms. The minimum atomic E-state index is -3.76. The second-order valence-corrected chi connectivity index (χ2v) is 9.10. The van der Waals surface area contributed by atoms with Crippen LogP contribution in [0.3, 0.4) is 0 Å². The lowest BCUT2D eigenvalue weighted by atomic mass is 10.2. The number of methoxy groups -OCH3 is 1. The van der Waals surface area contributed by atoms with E-state index in [9.17, 15) is 13.2 Å². The maximum absolute atomic E-state index is 12.6. The minimum absolute atomic E-state index is 0.0515. The highest BCUT2D eigenvalue weighted by molar-refractivity contribution is 7.89. The average Bonchev–Trinajstić information content (AvgIpc) is 3.22. The number of hydrogen-bond acceptors (Lipinski definition) is 6. The molecule has 3 rings (SSSR count). The number of aryl methyl sites for hydroxylation is 1. The molecule has 1 aromatic heterocycles. The molecule has 0 aliphatic heterocycles. The number of anilines is 1. The molecule has 164 valence electrons. The van der Waals surface area contributed by atoms with Gasteiger partial charge in [-0.05, 0) is 49.4 Å². The highest BCUT2D eigenvalue weighted by atomic mass is 32.2. The standard InChI is InChI=1S/C22H24N2O6S/c1-15-5-8-17(9-6-15)29-14-18-10-12-20(30-18)22(25)23-16-7-11-19(28-4)21(13-16)31(26,27)24(2)3/h5-13H,14H2,1-4H3,(H,23,25). The van der Waals surface area contributed by atoms with Crippen molar-refractivity contribution in [2.75, 3.05) is 26.5 Å². The Bertz CT molecular complexity index is 1170. The second-order valence-electron chi connectivity index (χ2n) is 6.97. The zero-order valence-corrected chi connectivity index (χ0v) is 18.5. The summed E-state index contributed by atoms with van der Waals surface area (Å²) in [5, 5.41) is 2.64. The Labute approximate surface area is 181 Å². The summed E-state index contributed by atoms with van der Waals surface area (Å²) in [4.78, 5) is 12.5. The molecule has 31 heavy (non-hydrogen) atoms. The predicted molar refractivity (Wildman–Crippen MR) is 116 cm³/mol. The number of amides is 1. The molecular formula is C22H24N2O6S. The molecule has 0 fully saturated rings. The monoisotopic (exact) mass is 444 g/mol. The van der Waals surface area contributed by atoms with Crippen molar-refractivity contribution in [1.82, 2.24) is 4.31 Å². The molecule has 0 aliphatic rings. The molecule has 0 saturated heterocycles. The van der Waals surface area contributed by atoms with E-state index in [4.69, 9.17) is 13.9 Å². The van der Waals surface area contributed by atoms with E-state index in [0.29, 0.717) is 17.2 Å². The fourth-order valence-electron chi connectivity index (χ4n) is 2.71. The molecule has 0 unspecified atom stereocenters. The summed E-state index contributed by atoms with van der Waals surface area (Å²) in [5.74, 6) is 0.924. The third-order valence-corrected chi connectivity index (χ3v) is 6.30. The molecule has 1 amide bonds. The van der Waals surface area contributed by atoms with Gasteiger partial charge in [-0.15, -0.1) is 0 Å². The van der Waals surface area contributed by atoms with Crippen LogP contribution in [0.4, 0.5) is 5.69 Å². The molecule has 1 N–H and O–H groups in total. The van der Waals surface area contributed by atoms with Gasteiger partial charge in [-0.25, -0.2) is 12.7 Å². The summed E-state index contributed by atoms with van der Waals surface area (Å²) in [6.45, 7) is 2.16. The predicted octanol–water partition coefficient (Wildman–Crippen LogP) is 3.68. The van der Waals surface area contributed by atoms with Gasteiger partial charge in [0.1, 0.15) is 28.8 Å². The number of nitrogens with zero attached hydrogens (tertiary/aromatic N) is 1. The first kappa shape index (κ1) is 22.4. The number of rotatable bonds is 8. The van der Waals surface area contributed by atoms with Gasteiger partial charge >= 0.3 is 0 Å². The van der Waals surface area contributed by atoms with Crippen molar-refractivity contribution in [3.8, 4) is 11.5 Å². The second kappa shape index (κ2) is 9.23. The van der Waals surface area contributed by atoms with Gasteiger partial charge in [0, 0.05) is 19.8 Å². The average molecular weight is 445 g/mol. The first-order valence-electron chi connectivity index (χ1n) is 9.41. The third kappa shape index (κ3) is 5.25. The smallest absolute Gasteiger partial charge is 0.291 e. The van der Waals surface area contributed by atoms with Crippen LogP contribution in [0.1, 0.15) is 21.9 Å². The Morgan fingerprint density at radius 3 is 2.42 bits per heavy atom. The van der Waals surface area contributed by atoms with Gasteiger partial charge < -0.3 is 19.2 Å². The van der Waals surface area contributed by atoms with Gasteiger partial charge in [0.2, 0.25) is 10.0 Å². The number of nitrogens with one attached hydrogen (secondary N) is 1. The van der Waals surface area contributed by atoms with Crippen molar-refractivity contribution < 1.29 is 27.1 Å². The molecule has 0 bridgehead atoms. The fraction of sp³-hybridized carbons (Fsp3) is 0.227. The van der Waals surface area contributed by atoms with Crippen molar-refractivity contribution in [1.29, 1.82) is 0 Å². The molecule has 3 aromatic rings. The van der Waals surface area contributed by atoms with Crippen LogP contribution in [0.5, 0.6) is 11.5 Å². The van der Waals surface area contributed by atoms with Crippen molar-refractivity contribution in [2.45, 2.75) is 18.4 Å². The number of ether oxygens (including phenoxy) is 2. The number of carbonyl (C=O) groups is 1. The van der Waals surface area contributed by atoms with Gasteiger partial charge in [-0.2, -0.15) is 0 Å². The number of benzene rings is 2.